The summed E-state index contributed by atoms with van der Waals surface area (Å²) >= 11 is 11.0. The minimum atomic E-state index is 0.499. The summed E-state index contributed by atoms with van der Waals surface area (Å²) in [6.45, 7) is 3.41. The first-order chi connectivity index (χ1) is 17.6. The molecule has 0 aliphatic carbocycles. The van der Waals surface area contributed by atoms with E-state index in [4.69, 9.17) is 24.4 Å². The van der Waals surface area contributed by atoms with Gasteiger partial charge >= 0.3 is 0 Å². The van der Waals surface area contributed by atoms with E-state index >= 15 is 0 Å². The van der Waals surface area contributed by atoms with Crippen LogP contribution in [0.5, 0.6) is 0 Å². The van der Waals surface area contributed by atoms with Crippen LogP contribution in [0.4, 0.5) is 22.7 Å². The third kappa shape index (κ3) is 6.15. The van der Waals surface area contributed by atoms with Gasteiger partial charge in [0.2, 0.25) is 0 Å². The highest BCUT2D eigenvalue weighted by Gasteiger charge is 2.09. The molecule has 10 heteroatoms. The molecule has 0 unspecified atom stereocenters. The number of amidine groups is 2. The van der Waals surface area contributed by atoms with Gasteiger partial charge in [-0.15, -0.1) is 0 Å². The Balaban J connectivity index is 1.13. The molecule has 182 valence electrons. The molecular weight excluding hydrogens is 488 g/mol. The number of hydrogen-bond acceptors (Lipinski definition) is 6. The van der Waals surface area contributed by atoms with Crippen molar-refractivity contribution in [1.29, 1.82) is 0 Å². The van der Waals surface area contributed by atoms with E-state index in [1.165, 1.54) is 0 Å². The molecule has 6 N–H and O–H groups in total. The van der Waals surface area contributed by atoms with Crippen LogP contribution in [-0.2, 0) is 0 Å². The zero-order valence-corrected chi connectivity index (χ0v) is 21.1. The lowest BCUT2D eigenvalue weighted by Crippen LogP contribution is -2.21. The highest BCUT2D eigenvalue weighted by atomic mass is 32.1. The van der Waals surface area contributed by atoms with Crippen molar-refractivity contribution in [3.63, 3.8) is 0 Å². The first-order valence-electron chi connectivity index (χ1n) is 11.7. The smallest absolute Gasteiger partial charge is 0.175 e. The summed E-state index contributed by atoms with van der Waals surface area (Å²) in [5.41, 5.74) is 5.62. The quantitative estimate of drug-likeness (QED) is 0.275. The SMILES string of the molecule is S=C(Nc1ccc(C2=NCCN2)cc1)Nc1cccc(NC(=S)Nc2ccc(C3=NCCN3)cc2)c1. The molecule has 36 heavy (non-hydrogen) atoms. The zero-order chi connectivity index (χ0) is 24.7. The number of anilines is 4. The van der Waals surface area contributed by atoms with E-state index in [-0.39, 0.29) is 0 Å². The van der Waals surface area contributed by atoms with Crippen molar-refractivity contribution >= 4 is 69.1 Å². The second-order valence-corrected chi connectivity index (χ2v) is 9.02. The van der Waals surface area contributed by atoms with Crippen LogP contribution in [0, 0.1) is 0 Å². The average molecular weight is 515 g/mol. The minimum absolute atomic E-state index is 0.499. The number of rotatable bonds is 6. The van der Waals surface area contributed by atoms with Crippen molar-refractivity contribution in [3.05, 3.63) is 83.9 Å². The second-order valence-electron chi connectivity index (χ2n) is 8.21. The van der Waals surface area contributed by atoms with Crippen molar-refractivity contribution in [2.75, 3.05) is 47.4 Å². The predicted octanol–water partition coefficient (Wildman–Crippen LogP) is 4.00. The maximum Gasteiger partial charge on any atom is 0.175 e. The first-order valence-corrected chi connectivity index (χ1v) is 12.5. The number of nitrogens with zero attached hydrogens (tertiary/aromatic N) is 2. The van der Waals surface area contributed by atoms with Crippen LogP contribution in [0.25, 0.3) is 0 Å². The Morgan fingerprint density at radius 2 is 1.00 bits per heavy atom. The summed E-state index contributed by atoms with van der Waals surface area (Å²) in [5, 5.41) is 20.4. The normalized spacial score (nSPS) is 14.1. The fourth-order valence-corrected chi connectivity index (χ4v) is 4.34. The monoisotopic (exact) mass is 514 g/mol. The van der Waals surface area contributed by atoms with Crippen LogP contribution in [-0.4, -0.2) is 48.1 Å². The van der Waals surface area contributed by atoms with Gasteiger partial charge in [0.15, 0.2) is 10.2 Å². The lowest BCUT2D eigenvalue weighted by Gasteiger charge is -2.14. The van der Waals surface area contributed by atoms with E-state index in [9.17, 15) is 0 Å². The minimum Gasteiger partial charge on any atom is -0.368 e. The van der Waals surface area contributed by atoms with Crippen LogP contribution in [0.1, 0.15) is 11.1 Å². The Morgan fingerprint density at radius 1 is 0.583 bits per heavy atom. The summed E-state index contributed by atoms with van der Waals surface area (Å²) in [6.07, 6.45) is 0. The van der Waals surface area contributed by atoms with Gasteiger partial charge in [-0.05, 0) is 91.2 Å². The van der Waals surface area contributed by atoms with Crippen LogP contribution in [0.15, 0.2) is 82.8 Å². The molecule has 8 nitrogen and oxygen atoms in total. The molecule has 0 atom stereocenters. The van der Waals surface area contributed by atoms with Gasteiger partial charge in [0.1, 0.15) is 11.7 Å². The maximum atomic E-state index is 5.50. The molecule has 0 bridgehead atoms. The van der Waals surface area contributed by atoms with E-state index in [0.29, 0.717) is 10.2 Å². The van der Waals surface area contributed by atoms with Gasteiger partial charge in [0.25, 0.3) is 0 Å². The zero-order valence-electron chi connectivity index (χ0n) is 19.5. The van der Waals surface area contributed by atoms with Gasteiger partial charge in [0.05, 0.1) is 13.1 Å². The molecule has 3 aromatic carbocycles. The van der Waals surface area contributed by atoms with Crippen molar-refractivity contribution < 1.29 is 0 Å². The third-order valence-corrected chi connectivity index (χ3v) is 5.97. The molecule has 0 spiro atoms. The van der Waals surface area contributed by atoms with Crippen LogP contribution < -0.4 is 31.9 Å². The molecule has 0 saturated heterocycles. The number of nitrogens with one attached hydrogen (secondary N) is 6. The van der Waals surface area contributed by atoms with Gasteiger partial charge < -0.3 is 31.9 Å². The highest BCUT2D eigenvalue weighted by molar-refractivity contribution is 7.81. The van der Waals surface area contributed by atoms with Gasteiger partial charge in [-0.3, -0.25) is 9.98 Å². The number of aliphatic imine (C=N–C) groups is 2. The van der Waals surface area contributed by atoms with Gasteiger partial charge in [-0.25, -0.2) is 0 Å². The Morgan fingerprint density at radius 3 is 1.39 bits per heavy atom. The van der Waals surface area contributed by atoms with Gasteiger partial charge in [0, 0.05) is 47.0 Å². The predicted molar refractivity (Wildman–Crippen MR) is 158 cm³/mol. The summed E-state index contributed by atoms with van der Waals surface area (Å²) in [7, 11) is 0. The molecule has 0 fully saturated rings. The van der Waals surface area contributed by atoms with Gasteiger partial charge in [-0.1, -0.05) is 6.07 Å². The molecule has 0 amide bonds. The van der Waals surface area contributed by atoms with E-state index in [1.54, 1.807) is 0 Å². The largest absolute Gasteiger partial charge is 0.368 e. The second kappa shape index (κ2) is 11.1. The summed E-state index contributed by atoms with van der Waals surface area (Å²) in [5.74, 6) is 1.87. The molecule has 0 radical (unpaired) electrons. The van der Waals surface area contributed by atoms with Gasteiger partial charge in [-0.2, -0.15) is 0 Å². The fraction of sp³-hybridized carbons (Fsp3) is 0.154. The molecule has 2 aliphatic rings. The van der Waals surface area contributed by atoms with Crippen LogP contribution in [0.3, 0.4) is 0 Å². The first kappa shape index (κ1) is 23.7. The Labute approximate surface area is 220 Å². The lowest BCUT2D eigenvalue weighted by atomic mass is 10.2. The lowest BCUT2D eigenvalue weighted by molar-refractivity contribution is 0.960. The Kier molecular flexibility index (Phi) is 7.34. The topological polar surface area (TPSA) is 96.9 Å². The van der Waals surface area contributed by atoms with E-state index < -0.39 is 0 Å². The van der Waals surface area contributed by atoms with Crippen molar-refractivity contribution in [2.24, 2.45) is 9.98 Å². The molecule has 2 aliphatic heterocycles. The maximum absolute atomic E-state index is 5.50. The number of thiocarbonyl (C=S) groups is 2. The average Bonchev–Trinajstić information content (AvgIpc) is 3.60. The molecule has 3 aromatic rings. The fourth-order valence-electron chi connectivity index (χ4n) is 3.87. The molecule has 2 heterocycles. The summed E-state index contributed by atoms with van der Waals surface area (Å²) < 4.78 is 0. The van der Waals surface area contributed by atoms with E-state index in [0.717, 1.165) is 71.7 Å². The van der Waals surface area contributed by atoms with Crippen molar-refractivity contribution in [2.45, 2.75) is 0 Å². The van der Waals surface area contributed by atoms with Crippen LogP contribution in [0.2, 0.25) is 0 Å². The van der Waals surface area contributed by atoms with Crippen molar-refractivity contribution in [1.82, 2.24) is 10.6 Å². The van der Waals surface area contributed by atoms with E-state index in [2.05, 4.69) is 41.9 Å². The summed E-state index contributed by atoms with van der Waals surface area (Å²) in [4.78, 5) is 8.89. The molecule has 5 rings (SSSR count). The Bertz CT molecular complexity index is 1220. The molecular formula is C26H26N8S2. The number of benzene rings is 3. The van der Waals surface area contributed by atoms with E-state index in [1.807, 2.05) is 72.8 Å². The molecule has 0 saturated carbocycles. The third-order valence-electron chi connectivity index (χ3n) is 5.56. The highest BCUT2D eigenvalue weighted by Crippen LogP contribution is 2.18. The number of hydrogen-bond donors (Lipinski definition) is 6. The molecule has 0 aromatic heterocycles. The Hall–Kier alpha value is -4.02. The summed E-state index contributed by atoms with van der Waals surface area (Å²) in [6, 6.07) is 23.8. The van der Waals surface area contributed by atoms with Crippen LogP contribution >= 0.6 is 24.4 Å². The standard InChI is InChI=1S/C26H26N8S2/c35-25(31-19-8-4-17(5-9-19)23-27-12-13-28-23)33-21-2-1-3-22(16-21)34-26(36)32-20-10-6-18(7-11-20)24-29-14-15-30-24/h1-11,16H,12-15H2,(H,27,28)(H,29,30)(H2,31,33,35)(H2,32,34,36). The van der Waals surface area contributed by atoms with Crippen molar-refractivity contribution in [3.8, 4) is 0 Å².